The zero-order chi connectivity index (χ0) is 13.6. The van der Waals surface area contributed by atoms with E-state index in [9.17, 15) is 10.2 Å². The second-order valence-corrected chi connectivity index (χ2v) is 4.93. The summed E-state index contributed by atoms with van der Waals surface area (Å²) in [5.41, 5.74) is -0.0202. The van der Waals surface area contributed by atoms with Gasteiger partial charge in [0.2, 0.25) is 0 Å². The molecule has 0 radical (unpaired) electrons. The molecule has 0 fully saturated rings. The highest BCUT2D eigenvalue weighted by Gasteiger charge is 2.24. The van der Waals surface area contributed by atoms with Crippen molar-refractivity contribution in [1.82, 2.24) is 0 Å². The highest BCUT2D eigenvalue weighted by Crippen LogP contribution is 2.27. The van der Waals surface area contributed by atoms with Crippen LogP contribution >= 0.6 is 0 Å². The minimum Gasteiger partial charge on any atom is -0.392 e. The smallest absolute Gasteiger partial charge is 0.0869 e. The topological polar surface area (TPSA) is 40.5 Å². The third-order valence-electron chi connectivity index (χ3n) is 3.27. The Morgan fingerprint density at radius 1 is 1.28 bits per heavy atom. The Morgan fingerprint density at radius 2 is 1.89 bits per heavy atom. The third-order valence-corrected chi connectivity index (χ3v) is 3.27. The summed E-state index contributed by atoms with van der Waals surface area (Å²) in [4.78, 5) is 0. The van der Waals surface area contributed by atoms with Crippen LogP contribution in [0.25, 0.3) is 0 Å². The van der Waals surface area contributed by atoms with E-state index in [0.29, 0.717) is 12.8 Å². The maximum atomic E-state index is 10.4. The van der Waals surface area contributed by atoms with Crippen molar-refractivity contribution >= 4 is 0 Å². The van der Waals surface area contributed by atoms with Gasteiger partial charge in [-0.3, -0.25) is 0 Å². The lowest BCUT2D eigenvalue weighted by molar-refractivity contribution is 0.0236. The van der Waals surface area contributed by atoms with Crippen molar-refractivity contribution in [2.24, 2.45) is 5.92 Å². The van der Waals surface area contributed by atoms with E-state index in [1.54, 1.807) is 13.8 Å². The normalized spacial score (nSPS) is 17.2. The van der Waals surface area contributed by atoms with Crippen LogP contribution in [0.3, 0.4) is 0 Å². The van der Waals surface area contributed by atoms with Crippen LogP contribution in [0.4, 0.5) is 0 Å². The van der Waals surface area contributed by atoms with Crippen LogP contribution in [0.5, 0.6) is 0 Å². The van der Waals surface area contributed by atoms with E-state index in [1.165, 1.54) is 0 Å². The van der Waals surface area contributed by atoms with E-state index in [1.807, 2.05) is 37.3 Å². The highest BCUT2D eigenvalue weighted by atomic mass is 16.3. The molecular formula is C16H22O2. The van der Waals surface area contributed by atoms with Crippen molar-refractivity contribution < 1.29 is 10.2 Å². The molecule has 0 aliphatic carbocycles. The third kappa shape index (κ3) is 4.18. The summed E-state index contributed by atoms with van der Waals surface area (Å²) in [6.45, 7) is 5.45. The first-order valence-electron chi connectivity index (χ1n) is 6.35. The second kappa shape index (κ2) is 6.58. The van der Waals surface area contributed by atoms with Gasteiger partial charge in [-0.25, -0.2) is 0 Å². The van der Waals surface area contributed by atoms with Crippen molar-refractivity contribution in [3.63, 3.8) is 0 Å². The average Bonchev–Trinajstić information content (AvgIpc) is 2.37. The molecule has 1 aromatic rings. The number of aliphatic hydroxyl groups excluding tert-OH is 1. The minimum absolute atomic E-state index is 0.0541. The van der Waals surface area contributed by atoms with Crippen LogP contribution in [0.15, 0.2) is 30.3 Å². The maximum absolute atomic E-state index is 10.4. The van der Waals surface area contributed by atoms with Crippen LogP contribution in [0, 0.1) is 17.8 Å². The molecule has 0 aliphatic rings. The Bertz CT molecular complexity index is 412. The zero-order valence-corrected chi connectivity index (χ0v) is 11.4. The lowest BCUT2D eigenvalue weighted by atomic mass is 9.88. The number of aliphatic hydroxyl groups is 2. The molecule has 0 bridgehead atoms. The van der Waals surface area contributed by atoms with E-state index in [4.69, 9.17) is 0 Å². The van der Waals surface area contributed by atoms with E-state index < -0.39 is 11.7 Å². The zero-order valence-electron chi connectivity index (χ0n) is 11.4. The first-order valence-corrected chi connectivity index (χ1v) is 6.35. The Balaban J connectivity index is 2.59. The van der Waals surface area contributed by atoms with Crippen LogP contribution in [-0.2, 0) is 5.60 Å². The van der Waals surface area contributed by atoms with E-state index in [-0.39, 0.29) is 5.92 Å². The van der Waals surface area contributed by atoms with Crippen LogP contribution in [0.2, 0.25) is 0 Å². The van der Waals surface area contributed by atoms with Gasteiger partial charge in [0.05, 0.1) is 11.7 Å². The molecule has 3 unspecified atom stereocenters. The Labute approximate surface area is 110 Å². The molecule has 0 aromatic heterocycles. The number of benzene rings is 1. The molecule has 98 valence electrons. The maximum Gasteiger partial charge on any atom is 0.0869 e. The largest absolute Gasteiger partial charge is 0.392 e. The molecule has 0 spiro atoms. The molecule has 2 heteroatoms. The predicted molar refractivity (Wildman–Crippen MR) is 73.9 cm³/mol. The van der Waals surface area contributed by atoms with E-state index >= 15 is 0 Å². The van der Waals surface area contributed by atoms with Crippen LogP contribution in [-0.4, -0.2) is 16.3 Å². The van der Waals surface area contributed by atoms with Gasteiger partial charge in [0, 0.05) is 5.92 Å². The van der Waals surface area contributed by atoms with Gasteiger partial charge in [-0.1, -0.05) is 36.3 Å². The van der Waals surface area contributed by atoms with E-state index in [2.05, 4.69) is 11.8 Å². The molecule has 18 heavy (non-hydrogen) atoms. The first-order chi connectivity index (χ1) is 8.47. The Hall–Kier alpha value is -1.30. The fraction of sp³-hybridized carbons (Fsp3) is 0.500. The van der Waals surface area contributed by atoms with Crippen molar-refractivity contribution in [2.75, 3.05) is 0 Å². The summed E-state index contributed by atoms with van der Waals surface area (Å²) in [7, 11) is 0. The average molecular weight is 246 g/mol. The van der Waals surface area contributed by atoms with Gasteiger partial charge >= 0.3 is 0 Å². The molecule has 2 N–H and O–H groups in total. The number of hydrogen-bond acceptors (Lipinski definition) is 2. The number of rotatable bonds is 5. The van der Waals surface area contributed by atoms with Gasteiger partial charge in [-0.15, -0.1) is 5.92 Å². The molecule has 3 atom stereocenters. The molecule has 1 aromatic carbocycles. The first kappa shape index (κ1) is 14.8. The van der Waals surface area contributed by atoms with Gasteiger partial charge < -0.3 is 10.2 Å². The summed E-state index contributed by atoms with van der Waals surface area (Å²) in [5, 5.41) is 20.3. The van der Waals surface area contributed by atoms with Crippen LogP contribution < -0.4 is 0 Å². The summed E-state index contributed by atoms with van der Waals surface area (Å²) >= 11 is 0. The van der Waals surface area contributed by atoms with E-state index in [0.717, 1.165) is 5.56 Å². The fourth-order valence-electron chi connectivity index (χ4n) is 1.94. The molecule has 0 amide bonds. The van der Waals surface area contributed by atoms with Gasteiger partial charge in [0.1, 0.15) is 0 Å². The molecule has 0 aliphatic heterocycles. The van der Waals surface area contributed by atoms with Crippen molar-refractivity contribution in [1.29, 1.82) is 0 Å². The fourth-order valence-corrected chi connectivity index (χ4v) is 1.94. The summed E-state index contributed by atoms with van der Waals surface area (Å²) in [5.74, 6) is 5.69. The van der Waals surface area contributed by atoms with Gasteiger partial charge in [0.25, 0.3) is 0 Å². The lowest BCUT2D eigenvalue weighted by Gasteiger charge is -2.26. The molecule has 0 saturated heterocycles. The van der Waals surface area contributed by atoms with Crippen LogP contribution in [0.1, 0.15) is 39.2 Å². The molecule has 0 heterocycles. The van der Waals surface area contributed by atoms with Crippen molar-refractivity contribution in [3.8, 4) is 11.8 Å². The standard InChI is InChI=1S/C16H22O2/c1-4-8-13(2)15(17)11-12-16(3,18)14-9-6-5-7-10-14/h5-7,9-10,13,15,17-18H,11-12H2,1-3H3. The monoisotopic (exact) mass is 246 g/mol. The molecule has 0 saturated carbocycles. The SMILES string of the molecule is CC#CC(C)C(O)CCC(C)(O)c1ccccc1. The Morgan fingerprint density at radius 3 is 2.44 bits per heavy atom. The predicted octanol–water partition coefficient (Wildman–Crippen LogP) is 2.69. The minimum atomic E-state index is -0.901. The quantitative estimate of drug-likeness (QED) is 0.784. The Kier molecular flexibility index (Phi) is 5.40. The lowest BCUT2D eigenvalue weighted by Crippen LogP contribution is -2.25. The van der Waals surface area contributed by atoms with Gasteiger partial charge in [0.15, 0.2) is 0 Å². The molecule has 2 nitrogen and oxygen atoms in total. The summed E-state index contributed by atoms with van der Waals surface area (Å²) in [6, 6.07) is 9.55. The second-order valence-electron chi connectivity index (χ2n) is 4.93. The van der Waals surface area contributed by atoms with Crippen molar-refractivity contribution in [3.05, 3.63) is 35.9 Å². The summed E-state index contributed by atoms with van der Waals surface area (Å²) in [6.07, 6.45) is 0.568. The molecule has 1 rings (SSSR count). The molecular weight excluding hydrogens is 224 g/mol. The number of hydrogen-bond donors (Lipinski definition) is 2. The summed E-state index contributed by atoms with van der Waals surface area (Å²) < 4.78 is 0. The van der Waals surface area contributed by atoms with Gasteiger partial charge in [-0.2, -0.15) is 0 Å². The highest BCUT2D eigenvalue weighted by molar-refractivity contribution is 5.21. The van der Waals surface area contributed by atoms with Gasteiger partial charge in [-0.05, 0) is 39.2 Å². The van der Waals surface area contributed by atoms with Crippen molar-refractivity contribution in [2.45, 2.75) is 45.3 Å².